The van der Waals surface area contributed by atoms with Crippen molar-refractivity contribution in [3.8, 4) is 0 Å². The van der Waals surface area contributed by atoms with Crippen molar-refractivity contribution < 1.29 is 9.53 Å². The van der Waals surface area contributed by atoms with E-state index < -0.39 is 5.97 Å². The van der Waals surface area contributed by atoms with Gasteiger partial charge in [0.15, 0.2) is 5.69 Å². The Morgan fingerprint density at radius 3 is 2.80 bits per heavy atom. The molecule has 0 amide bonds. The average molecular weight is 294 g/mol. The number of hydrogen-bond donors (Lipinski definition) is 1. The molecule has 1 unspecified atom stereocenters. The normalized spacial score (nSPS) is 12.4. The third-order valence-corrected chi connectivity index (χ3v) is 4.18. The van der Waals surface area contributed by atoms with Crippen LogP contribution in [0.4, 0.5) is 5.82 Å². The molecule has 2 rings (SSSR count). The second kappa shape index (κ2) is 5.62. The molecule has 0 aliphatic heterocycles. The molecule has 108 valence electrons. The minimum Gasteiger partial charge on any atom is -0.464 e. The molecule has 0 fully saturated rings. The van der Waals surface area contributed by atoms with Gasteiger partial charge in [0.1, 0.15) is 16.6 Å². The average Bonchev–Trinajstić information content (AvgIpc) is 3.01. The fourth-order valence-electron chi connectivity index (χ4n) is 2.10. The van der Waals surface area contributed by atoms with E-state index in [1.807, 2.05) is 31.5 Å². The van der Waals surface area contributed by atoms with Crippen LogP contribution in [0.3, 0.4) is 0 Å². The molecule has 0 radical (unpaired) electrons. The summed E-state index contributed by atoms with van der Waals surface area (Å²) in [6.45, 7) is 5.97. The van der Waals surface area contributed by atoms with E-state index in [0.29, 0.717) is 12.2 Å². The van der Waals surface area contributed by atoms with Crippen molar-refractivity contribution in [3.05, 3.63) is 27.6 Å². The summed E-state index contributed by atoms with van der Waals surface area (Å²) in [5, 5.41) is 0.942. The number of aromatic nitrogens is 3. The molecule has 20 heavy (non-hydrogen) atoms. The van der Waals surface area contributed by atoms with E-state index in [1.54, 1.807) is 11.3 Å². The topological polar surface area (TPSA) is 83.0 Å². The summed E-state index contributed by atoms with van der Waals surface area (Å²) in [6, 6.07) is -0.0606. The zero-order valence-corrected chi connectivity index (χ0v) is 12.8. The number of nitrogens with two attached hydrogens (primary N) is 1. The van der Waals surface area contributed by atoms with Crippen LogP contribution in [-0.2, 0) is 11.2 Å². The first kappa shape index (κ1) is 14.5. The number of rotatable bonds is 4. The summed E-state index contributed by atoms with van der Waals surface area (Å²) < 4.78 is 6.56. The van der Waals surface area contributed by atoms with Gasteiger partial charge < -0.3 is 15.0 Å². The van der Waals surface area contributed by atoms with E-state index >= 15 is 0 Å². The lowest BCUT2D eigenvalue weighted by Gasteiger charge is -2.15. The van der Waals surface area contributed by atoms with Crippen molar-refractivity contribution >= 4 is 23.1 Å². The van der Waals surface area contributed by atoms with Crippen molar-refractivity contribution in [2.75, 3.05) is 12.8 Å². The summed E-state index contributed by atoms with van der Waals surface area (Å²) in [6.07, 6.45) is 2.51. The number of aryl methyl sites for hydroxylation is 2. The molecule has 2 aromatic rings. The van der Waals surface area contributed by atoms with E-state index in [1.165, 1.54) is 7.11 Å². The van der Waals surface area contributed by atoms with Crippen LogP contribution in [0, 0.1) is 6.92 Å². The van der Waals surface area contributed by atoms with E-state index in [-0.39, 0.29) is 11.7 Å². The molecule has 0 bridgehead atoms. The lowest BCUT2D eigenvalue weighted by atomic mass is 10.3. The lowest BCUT2D eigenvalue weighted by Crippen LogP contribution is -2.14. The number of hydrogen-bond acceptors (Lipinski definition) is 6. The van der Waals surface area contributed by atoms with E-state index in [2.05, 4.69) is 9.97 Å². The van der Waals surface area contributed by atoms with Gasteiger partial charge >= 0.3 is 5.97 Å². The number of methoxy groups -OCH3 is 1. The zero-order chi connectivity index (χ0) is 14.9. The summed E-state index contributed by atoms with van der Waals surface area (Å²) in [5.41, 5.74) is 6.25. The molecular formula is C13H18N4O2S. The first-order valence-electron chi connectivity index (χ1n) is 6.36. The summed E-state index contributed by atoms with van der Waals surface area (Å²) >= 11 is 1.61. The predicted molar refractivity (Wildman–Crippen MR) is 78.0 cm³/mol. The predicted octanol–water partition coefficient (Wildman–Crippen LogP) is 2.19. The van der Waals surface area contributed by atoms with Crippen molar-refractivity contribution in [2.24, 2.45) is 0 Å². The standard InChI is InChI=1S/C13H18N4O2S/c1-5-9-16-10(13(18)19-4)11(14)17(9)8(3)12-15-6-7(2)20-12/h6,8H,5,14H2,1-4H3. The van der Waals surface area contributed by atoms with Crippen LogP contribution in [0.1, 0.15) is 46.1 Å². The first-order valence-corrected chi connectivity index (χ1v) is 7.18. The molecular weight excluding hydrogens is 276 g/mol. The maximum absolute atomic E-state index is 11.7. The molecule has 0 aliphatic carbocycles. The Labute approximate surface area is 121 Å². The number of carbonyl (C=O) groups excluding carboxylic acids is 1. The number of nitrogens with zero attached hydrogens (tertiary/aromatic N) is 3. The third-order valence-electron chi connectivity index (χ3n) is 3.10. The Morgan fingerprint density at radius 2 is 2.30 bits per heavy atom. The molecule has 6 nitrogen and oxygen atoms in total. The lowest BCUT2D eigenvalue weighted by molar-refractivity contribution is 0.0595. The second-order valence-electron chi connectivity index (χ2n) is 4.46. The highest BCUT2D eigenvalue weighted by molar-refractivity contribution is 7.11. The van der Waals surface area contributed by atoms with Crippen LogP contribution in [0.2, 0.25) is 0 Å². The molecule has 0 aromatic carbocycles. The smallest absolute Gasteiger partial charge is 0.360 e. The highest BCUT2D eigenvalue weighted by atomic mass is 32.1. The Morgan fingerprint density at radius 1 is 1.60 bits per heavy atom. The van der Waals surface area contributed by atoms with Gasteiger partial charge in [-0.15, -0.1) is 11.3 Å². The molecule has 2 N–H and O–H groups in total. The molecule has 0 aliphatic rings. The van der Waals surface area contributed by atoms with Crippen molar-refractivity contribution in [1.82, 2.24) is 14.5 Å². The minimum atomic E-state index is -0.515. The largest absolute Gasteiger partial charge is 0.464 e. The number of esters is 1. The number of imidazole rings is 1. The van der Waals surface area contributed by atoms with Gasteiger partial charge in [0, 0.05) is 17.5 Å². The summed E-state index contributed by atoms with van der Waals surface area (Å²) in [4.78, 5) is 21.5. The first-order chi connectivity index (χ1) is 9.49. The van der Waals surface area contributed by atoms with Gasteiger partial charge in [0.05, 0.1) is 13.2 Å². The van der Waals surface area contributed by atoms with Crippen LogP contribution in [-0.4, -0.2) is 27.6 Å². The van der Waals surface area contributed by atoms with Crippen molar-refractivity contribution in [3.63, 3.8) is 0 Å². The Bertz CT molecular complexity index is 632. The van der Waals surface area contributed by atoms with E-state index in [4.69, 9.17) is 10.5 Å². The number of carbonyl (C=O) groups is 1. The molecule has 0 saturated carbocycles. The SMILES string of the molecule is CCc1nc(C(=O)OC)c(N)n1C(C)c1ncc(C)s1. The van der Waals surface area contributed by atoms with Crippen LogP contribution in [0.15, 0.2) is 6.20 Å². The van der Waals surface area contributed by atoms with Gasteiger partial charge in [0.25, 0.3) is 0 Å². The Balaban J connectivity index is 2.50. The number of thiazole rings is 1. The van der Waals surface area contributed by atoms with Gasteiger partial charge in [-0.3, -0.25) is 0 Å². The van der Waals surface area contributed by atoms with Gasteiger partial charge in [-0.1, -0.05) is 6.92 Å². The van der Waals surface area contributed by atoms with E-state index in [9.17, 15) is 4.79 Å². The Hall–Kier alpha value is -1.89. The zero-order valence-electron chi connectivity index (χ0n) is 12.0. The van der Waals surface area contributed by atoms with Crippen LogP contribution in [0.25, 0.3) is 0 Å². The Kier molecular flexibility index (Phi) is 4.08. The highest BCUT2D eigenvalue weighted by Crippen LogP contribution is 2.28. The van der Waals surface area contributed by atoms with Gasteiger partial charge in [-0.2, -0.15) is 0 Å². The second-order valence-corrected chi connectivity index (χ2v) is 5.73. The van der Waals surface area contributed by atoms with Crippen LogP contribution >= 0.6 is 11.3 Å². The fourth-order valence-corrected chi connectivity index (χ4v) is 2.91. The van der Waals surface area contributed by atoms with E-state index in [0.717, 1.165) is 15.7 Å². The van der Waals surface area contributed by atoms with Crippen molar-refractivity contribution in [2.45, 2.75) is 33.2 Å². The molecule has 0 saturated heterocycles. The number of anilines is 1. The molecule has 7 heteroatoms. The highest BCUT2D eigenvalue weighted by Gasteiger charge is 2.24. The molecule has 2 heterocycles. The monoisotopic (exact) mass is 294 g/mol. The van der Waals surface area contributed by atoms with Crippen LogP contribution in [0.5, 0.6) is 0 Å². The van der Waals surface area contributed by atoms with Gasteiger partial charge in [0.2, 0.25) is 0 Å². The fraction of sp³-hybridized carbons (Fsp3) is 0.462. The maximum atomic E-state index is 11.7. The minimum absolute atomic E-state index is 0.0606. The molecule has 0 spiro atoms. The quantitative estimate of drug-likeness (QED) is 0.874. The number of nitrogen functional groups attached to an aromatic ring is 1. The third kappa shape index (κ3) is 2.40. The molecule has 1 atom stereocenters. The van der Waals surface area contributed by atoms with Gasteiger partial charge in [-0.05, 0) is 13.8 Å². The molecule has 2 aromatic heterocycles. The van der Waals surface area contributed by atoms with Gasteiger partial charge in [-0.25, -0.2) is 14.8 Å². The van der Waals surface area contributed by atoms with Crippen LogP contribution < -0.4 is 5.73 Å². The maximum Gasteiger partial charge on any atom is 0.360 e. The summed E-state index contributed by atoms with van der Waals surface area (Å²) in [5.74, 6) is 0.566. The van der Waals surface area contributed by atoms with Crippen molar-refractivity contribution in [1.29, 1.82) is 0 Å². The number of ether oxygens (including phenoxy) is 1. The summed E-state index contributed by atoms with van der Waals surface area (Å²) in [7, 11) is 1.32.